The number of tetrazole rings is 1. The average molecular weight is 474 g/mol. The van der Waals surface area contributed by atoms with Crippen LogP contribution in [-0.4, -0.2) is 90.4 Å². The smallest absolute Gasteiger partial charge is 0.242 e. The summed E-state index contributed by atoms with van der Waals surface area (Å²) in [4.78, 5) is 32.4. The van der Waals surface area contributed by atoms with Crippen LogP contribution in [0.2, 0.25) is 0 Å². The van der Waals surface area contributed by atoms with E-state index in [1.165, 1.54) is 11.1 Å². The molecule has 5 aliphatic rings. The molecule has 0 spiro atoms. The Morgan fingerprint density at radius 3 is 2.94 bits per heavy atom. The molecule has 2 aliphatic carbocycles. The number of nitriles is 1. The number of aryl methyl sites for hydroxylation is 1. The Morgan fingerprint density at radius 2 is 2.17 bits per heavy atom. The Morgan fingerprint density at radius 1 is 1.29 bits per heavy atom. The number of hydrogen-bond donors (Lipinski definition) is 2. The molecule has 0 radical (unpaired) electrons. The summed E-state index contributed by atoms with van der Waals surface area (Å²) in [6.07, 6.45) is 4.35. The molecule has 1 unspecified atom stereocenters. The van der Waals surface area contributed by atoms with E-state index in [0.717, 1.165) is 44.2 Å². The molecule has 4 heterocycles. The first-order valence-electron chi connectivity index (χ1n) is 12.4. The van der Waals surface area contributed by atoms with Crippen LogP contribution in [-0.2, 0) is 16.0 Å². The monoisotopic (exact) mass is 473 g/mol. The molecule has 7 rings (SSSR count). The predicted octanol–water partition coefficient (Wildman–Crippen LogP) is -0.0206. The van der Waals surface area contributed by atoms with Crippen molar-refractivity contribution in [1.82, 2.24) is 35.3 Å². The third-order valence-corrected chi connectivity index (χ3v) is 8.71. The second-order valence-electron chi connectivity index (χ2n) is 10.6. The van der Waals surface area contributed by atoms with Gasteiger partial charge in [-0.05, 0) is 65.6 Å². The molecule has 1 aromatic carbocycles. The van der Waals surface area contributed by atoms with E-state index in [0.29, 0.717) is 18.3 Å². The van der Waals surface area contributed by atoms with Gasteiger partial charge in [-0.1, -0.05) is 12.1 Å². The quantitative estimate of drug-likeness (QED) is 0.616. The summed E-state index contributed by atoms with van der Waals surface area (Å²) in [5, 5.41) is 23.5. The van der Waals surface area contributed by atoms with Gasteiger partial charge in [0.25, 0.3) is 0 Å². The van der Waals surface area contributed by atoms with Crippen LogP contribution in [0.1, 0.15) is 42.9 Å². The molecule has 7 atom stereocenters. The number of piperidine rings is 1. The number of amides is 2. The summed E-state index contributed by atoms with van der Waals surface area (Å²) in [6.45, 7) is 1.10. The third-order valence-electron chi connectivity index (χ3n) is 8.71. The van der Waals surface area contributed by atoms with Gasteiger partial charge in [0, 0.05) is 30.7 Å². The standard InChI is InChI=1S/C24H27N9O2/c25-9-15-6-14-7-20(14)32(15)23(34)18(26)11-31-10-16-8-21(31)24(35)33(16)19-4-2-12-5-13(1-3-17(12)19)22-27-29-30-28-22/h1,3,5,14-16,18-21H,2,4,6-8,10-11,26H2,(H,27,28,29,30)/t14?,15-,16-,18-,19-,20-,21-/m0/s1. The van der Waals surface area contributed by atoms with Crippen LogP contribution >= 0.6 is 0 Å². The van der Waals surface area contributed by atoms with Crippen molar-refractivity contribution in [1.29, 1.82) is 5.26 Å². The van der Waals surface area contributed by atoms with Crippen molar-refractivity contribution in [3.63, 3.8) is 0 Å². The van der Waals surface area contributed by atoms with Crippen molar-refractivity contribution in [2.45, 2.75) is 68.4 Å². The number of H-pyrrole nitrogens is 1. The molecule has 1 saturated carbocycles. The number of carbonyl (C=O) groups is 2. The molecule has 11 heteroatoms. The number of nitrogens with two attached hydrogens (primary N) is 1. The maximum absolute atomic E-state index is 13.5. The minimum Gasteiger partial charge on any atom is -0.330 e. The number of benzene rings is 1. The maximum Gasteiger partial charge on any atom is 0.242 e. The minimum atomic E-state index is -0.706. The normalized spacial score (nSPS) is 33.7. The van der Waals surface area contributed by atoms with Gasteiger partial charge in [0.2, 0.25) is 11.8 Å². The lowest BCUT2D eigenvalue weighted by atomic mass is 10.0. The van der Waals surface area contributed by atoms with Crippen molar-refractivity contribution in [2.75, 3.05) is 13.1 Å². The molecule has 4 fully saturated rings. The van der Waals surface area contributed by atoms with E-state index in [-0.39, 0.29) is 42.0 Å². The SMILES string of the molecule is N#C[C@@H]1CC2C[C@@H]2N1C(=O)[C@@H](N)CN1C[C@@H]2C[C@H]1C(=O)N2[C@H]1CCc2cc(-c3nnn[nH]3)ccc21. The van der Waals surface area contributed by atoms with E-state index in [2.05, 4.69) is 48.6 Å². The fourth-order valence-electron chi connectivity index (χ4n) is 7.02. The van der Waals surface area contributed by atoms with Crippen molar-refractivity contribution < 1.29 is 9.59 Å². The number of hydrogen-bond acceptors (Lipinski definition) is 8. The number of likely N-dealkylation sites (tertiary alicyclic amines) is 3. The summed E-state index contributed by atoms with van der Waals surface area (Å²) in [6, 6.07) is 7.61. The fraction of sp³-hybridized carbons (Fsp3) is 0.583. The molecule has 3 saturated heterocycles. The first-order chi connectivity index (χ1) is 17.0. The molecule has 2 aromatic rings. The van der Waals surface area contributed by atoms with Gasteiger partial charge in [-0.15, -0.1) is 5.10 Å². The molecule has 180 valence electrons. The summed E-state index contributed by atoms with van der Waals surface area (Å²) in [7, 11) is 0. The van der Waals surface area contributed by atoms with E-state index < -0.39 is 6.04 Å². The molecule has 3 N–H and O–H groups in total. The van der Waals surface area contributed by atoms with Crippen molar-refractivity contribution in [3.8, 4) is 17.5 Å². The van der Waals surface area contributed by atoms with Crippen LogP contribution < -0.4 is 5.73 Å². The Labute approximate surface area is 202 Å². The summed E-state index contributed by atoms with van der Waals surface area (Å²) in [5.41, 5.74) is 9.73. The number of aromatic nitrogens is 4. The van der Waals surface area contributed by atoms with Crippen LogP contribution in [0.3, 0.4) is 0 Å². The number of carbonyl (C=O) groups excluding carboxylic acids is 2. The fourth-order valence-corrected chi connectivity index (χ4v) is 7.02. The Kier molecular flexibility index (Phi) is 4.53. The lowest BCUT2D eigenvalue weighted by Crippen LogP contribution is -2.57. The highest BCUT2D eigenvalue weighted by Gasteiger charge is 2.56. The highest BCUT2D eigenvalue weighted by Crippen LogP contribution is 2.48. The summed E-state index contributed by atoms with van der Waals surface area (Å²) < 4.78 is 0. The lowest BCUT2D eigenvalue weighted by molar-refractivity contribution is -0.141. The van der Waals surface area contributed by atoms with E-state index in [4.69, 9.17) is 5.73 Å². The third kappa shape index (κ3) is 3.13. The maximum atomic E-state index is 13.5. The first-order valence-corrected chi connectivity index (χ1v) is 12.4. The Bertz CT molecular complexity index is 1240. The second kappa shape index (κ2) is 7.57. The minimum absolute atomic E-state index is 0.0830. The number of nitrogens with one attached hydrogen (secondary N) is 1. The zero-order chi connectivity index (χ0) is 23.8. The topological polar surface area (TPSA) is 148 Å². The van der Waals surface area contributed by atoms with Gasteiger partial charge < -0.3 is 15.5 Å². The van der Waals surface area contributed by atoms with Gasteiger partial charge in [0.1, 0.15) is 6.04 Å². The molecular formula is C24H27N9O2. The highest BCUT2D eigenvalue weighted by molar-refractivity contribution is 5.87. The van der Waals surface area contributed by atoms with Crippen LogP contribution in [0.25, 0.3) is 11.4 Å². The van der Waals surface area contributed by atoms with E-state index >= 15 is 0 Å². The van der Waals surface area contributed by atoms with Gasteiger partial charge in [-0.25, -0.2) is 5.10 Å². The van der Waals surface area contributed by atoms with E-state index in [9.17, 15) is 14.9 Å². The average Bonchev–Trinajstić information content (AvgIpc) is 3.43. The van der Waals surface area contributed by atoms with Crippen molar-refractivity contribution in [2.24, 2.45) is 11.7 Å². The van der Waals surface area contributed by atoms with Gasteiger partial charge in [0.05, 0.1) is 24.2 Å². The number of rotatable bonds is 5. The van der Waals surface area contributed by atoms with Crippen molar-refractivity contribution in [3.05, 3.63) is 29.3 Å². The van der Waals surface area contributed by atoms with Gasteiger partial charge in [-0.3, -0.25) is 14.5 Å². The molecule has 2 amide bonds. The Balaban J connectivity index is 1.03. The number of nitrogens with zero attached hydrogens (tertiary/aromatic N) is 7. The Hall–Kier alpha value is -3.36. The molecule has 35 heavy (non-hydrogen) atoms. The highest BCUT2D eigenvalue weighted by atomic mass is 16.2. The number of aromatic amines is 1. The lowest BCUT2D eigenvalue weighted by Gasteiger charge is -2.38. The van der Waals surface area contributed by atoms with Crippen LogP contribution in [0.5, 0.6) is 0 Å². The van der Waals surface area contributed by atoms with Crippen LogP contribution in [0.15, 0.2) is 18.2 Å². The molecule has 3 aliphatic heterocycles. The summed E-state index contributed by atoms with van der Waals surface area (Å²) in [5.74, 6) is 1.10. The molecule has 1 aromatic heterocycles. The zero-order valence-electron chi connectivity index (χ0n) is 19.2. The number of fused-ring (bicyclic) bond motifs is 4. The van der Waals surface area contributed by atoms with Gasteiger partial charge >= 0.3 is 0 Å². The van der Waals surface area contributed by atoms with Gasteiger partial charge in [-0.2, -0.15) is 5.26 Å². The van der Waals surface area contributed by atoms with E-state index in [1.54, 1.807) is 4.90 Å². The van der Waals surface area contributed by atoms with Crippen molar-refractivity contribution >= 4 is 11.8 Å². The molecule has 11 nitrogen and oxygen atoms in total. The largest absolute Gasteiger partial charge is 0.330 e. The van der Waals surface area contributed by atoms with Gasteiger partial charge in [0.15, 0.2) is 5.82 Å². The molecular weight excluding hydrogens is 446 g/mol. The molecule has 2 bridgehead atoms. The summed E-state index contributed by atoms with van der Waals surface area (Å²) >= 11 is 0. The predicted molar refractivity (Wildman–Crippen MR) is 122 cm³/mol. The zero-order valence-corrected chi connectivity index (χ0v) is 19.2. The van der Waals surface area contributed by atoms with Crippen LogP contribution in [0, 0.1) is 17.2 Å². The number of piperazine rings is 1. The van der Waals surface area contributed by atoms with E-state index in [1.807, 2.05) is 6.07 Å². The van der Waals surface area contributed by atoms with Crippen LogP contribution in [0.4, 0.5) is 0 Å². The first kappa shape index (κ1) is 21.0. The second-order valence-corrected chi connectivity index (χ2v) is 10.6.